The van der Waals surface area contributed by atoms with Crippen molar-refractivity contribution < 1.29 is 27.4 Å². The highest BCUT2D eigenvalue weighted by atomic mass is 35.5. The van der Waals surface area contributed by atoms with Gasteiger partial charge in [0, 0.05) is 18.1 Å². The minimum Gasteiger partial charge on any atom is -0.478 e. The molecule has 0 aromatic heterocycles. The number of carbonyl (C=O) groups is 1. The number of ether oxygens (including phenoxy) is 1. The van der Waals surface area contributed by atoms with Crippen molar-refractivity contribution in [3.63, 3.8) is 0 Å². The maximum absolute atomic E-state index is 13.6. The fourth-order valence-corrected chi connectivity index (χ4v) is 3.97. The zero-order chi connectivity index (χ0) is 19.6. The Bertz CT molecular complexity index is 977. The summed E-state index contributed by atoms with van der Waals surface area (Å²) in [6, 6.07) is 7.38. The lowest BCUT2D eigenvalue weighted by Crippen LogP contribution is -2.36. The minimum atomic E-state index is -4.16. The van der Waals surface area contributed by atoms with Crippen molar-refractivity contribution in [2.75, 3.05) is 35.9 Å². The Morgan fingerprint density at radius 1 is 1.19 bits per heavy atom. The van der Waals surface area contributed by atoms with Gasteiger partial charge in [0.05, 0.1) is 35.0 Å². The number of nitrogens with zero attached hydrogens (tertiary/aromatic N) is 1. The molecular formula is C17H16ClFN2O5S. The number of benzene rings is 2. The molecule has 0 spiro atoms. The van der Waals surface area contributed by atoms with Gasteiger partial charge in [0.15, 0.2) is 0 Å². The number of nitrogens with one attached hydrogen (secondary N) is 1. The highest BCUT2D eigenvalue weighted by molar-refractivity contribution is 7.92. The first-order valence-electron chi connectivity index (χ1n) is 7.96. The molecule has 27 heavy (non-hydrogen) atoms. The predicted octanol–water partition coefficient (Wildman–Crippen LogP) is 2.81. The number of rotatable bonds is 5. The monoisotopic (exact) mass is 414 g/mol. The number of halogens is 2. The molecule has 1 heterocycles. The van der Waals surface area contributed by atoms with Crippen LogP contribution in [0.5, 0.6) is 0 Å². The SMILES string of the molecule is O=C(O)c1cc(S(=O)(=O)Nc2cc(Cl)ccc2N2CCOCC2)ccc1F. The van der Waals surface area contributed by atoms with Gasteiger partial charge in [0.1, 0.15) is 5.82 Å². The molecular weight excluding hydrogens is 399 g/mol. The van der Waals surface area contributed by atoms with E-state index in [4.69, 9.17) is 21.4 Å². The Morgan fingerprint density at radius 3 is 2.56 bits per heavy atom. The number of carboxylic acid groups (broad SMARTS) is 1. The van der Waals surface area contributed by atoms with Gasteiger partial charge >= 0.3 is 5.97 Å². The molecule has 2 aromatic rings. The zero-order valence-corrected chi connectivity index (χ0v) is 15.6. The molecule has 3 rings (SSSR count). The minimum absolute atomic E-state index is 0.241. The van der Waals surface area contributed by atoms with E-state index in [0.29, 0.717) is 37.0 Å². The van der Waals surface area contributed by atoms with Crippen molar-refractivity contribution in [3.05, 3.63) is 52.8 Å². The summed E-state index contributed by atoms with van der Waals surface area (Å²) in [6.07, 6.45) is 0. The van der Waals surface area contributed by atoms with Crippen LogP contribution in [0.1, 0.15) is 10.4 Å². The highest BCUT2D eigenvalue weighted by Gasteiger charge is 2.22. The van der Waals surface area contributed by atoms with Crippen molar-refractivity contribution in [3.8, 4) is 0 Å². The van der Waals surface area contributed by atoms with Gasteiger partial charge in [0.25, 0.3) is 10.0 Å². The number of hydrogen-bond donors (Lipinski definition) is 2. The van der Waals surface area contributed by atoms with E-state index in [1.807, 2.05) is 4.90 Å². The van der Waals surface area contributed by atoms with Gasteiger partial charge in [-0.15, -0.1) is 0 Å². The lowest BCUT2D eigenvalue weighted by molar-refractivity contribution is 0.0691. The van der Waals surface area contributed by atoms with Crippen LogP contribution < -0.4 is 9.62 Å². The van der Waals surface area contributed by atoms with Crippen molar-refractivity contribution in [2.24, 2.45) is 0 Å². The third-order valence-corrected chi connectivity index (χ3v) is 5.63. The fourth-order valence-electron chi connectivity index (χ4n) is 2.71. The molecule has 0 atom stereocenters. The van der Waals surface area contributed by atoms with E-state index in [2.05, 4.69) is 4.72 Å². The molecule has 2 N–H and O–H groups in total. The summed E-state index contributed by atoms with van der Waals surface area (Å²) in [5.74, 6) is -2.57. The number of hydrogen-bond acceptors (Lipinski definition) is 5. The second-order valence-electron chi connectivity index (χ2n) is 5.81. The summed E-state index contributed by atoms with van der Waals surface area (Å²) < 4.78 is 46.7. The smallest absolute Gasteiger partial charge is 0.338 e. The van der Waals surface area contributed by atoms with E-state index in [1.165, 1.54) is 6.07 Å². The predicted molar refractivity (Wildman–Crippen MR) is 98.7 cm³/mol. The third-order valence-electron chi connectivity index (χ3n) is 4.03. The Labute approximate surface area is 160 Å². The van der Waals surface area contributed by atoms with Crippen molar-refractivity contribution >= 4 is 39.0 Å². The van der Waals surface area contributed by atoms with E-state index >= 15 is 0 Å². The summed E-state index contributed by atoms with van der Waals surface area (Å²) in [5.41, 5.74) is 0.134. The van der Waals surface area contributed by atoms with Gasteiger partial charge < -0.3 is 14.7 Å². The molecule has 1 saturated heterocycles. The molecule has 0 saturated carbocycles. The first kappa shape index (κ1) is 19.4. The lowest BCUT2D eigenvalue weighted by atomic mass is 10.2. The summed E-state index contributed by atoms with van der Waals surface area (Å²) in [5, 5.41) is 9.33. The van der Waals surface area contributed by atoms with E-state index < -0.39 is 27.4 Å². The first-order valence-corrected chi connectivity index (χ1v) is 9.82. The van der Waals surface area contributed by atoms with Gasteiger partial charge in [-0.2, -0.15) is 0 Å². The van der Waals surface area contributed by atoms with Crippen LogP contribution in [0.4, 0.5) is 15.8 Å². The maximum atomic E-state index is 13.6. The van der Waals surface area contributed by atoms with E-state index in [1.54, 1.807) is 12.1 Å². The van der Waals surface area contributed by atoms with Gasteiger partial charge in [0.2, 0.25) is 0 Å². The second kappa shape index (κ2) is 7.71. The molecule has 0 unspecified atom stereocenters. The summed E-state index contributed by atoms with van der Waals surface area (Å²) in [6.45, 7) is 2.18. The standard InChI is InChI=1S/C17H16ClFN2O5S/c18-11-1-4-16(21-5-7-26-8-6-21)15(9-11)20-27(24,25)12-2-3-14(19)13(10-12)17(22)23/h1-4,9-10,20H,5-8H2,(H,22,23). The van der Waals surface area contributed by atoms with Crippen LogP contribution in [0.25, 0.3) is 0 Å². The van der Waals surface area contributed by atoms with Crippen molar-refractivity contribution in [1.82, 2.24) is 0 Å². The van der Waals surface area contributed by atoms with Crippen LogP contribution in [0, 0.1) is 5.82 Å². The van der Waals surface area contributed by atoms with E-state index in [-0.39, 0.29) is 10.6 Å². The molecule has 1 aliphatic rings. The summed E-state index contributed by atoms with van der Waals surface area (Å²) in [7, 11) is -4.16. The number of carboxylic acids is 1. The van der Waals surface area contributed by atoms with Crippen LogP contribution in [-0.2, 0) is 14.8 Å². The van der Waals surface area contributed by atoms with Gasteiger partial charge in [-0.1, -0.05) is 11.6 Å². The molecule has 0 aliphatic carbocycles. The average molecular weight is 415 g/mol. The molecule has 10 heteroatoms. The van der Waals surface area contributed by atoms with Gasteiger partial charge in [-0.05, 0) is 36.4 Å². The van der Waals surface area contributed by atoms with Crippen LogP contribution in [-0.4, -0.2) is 45.8 Å². The molecule has 1 fully saturated rings. The summed E-state index contributed by atoms with van der Waals surface area (Å²) >= 11 is 6.01. The van der Waals surface area contributed by atoms with Crippen LogP contribution in [0.3, 0.4) is 0 Å². The topological polar surface area (TPSA) is 95.9 Å². The quantitative estimate of drug-likeness (QED) is 0.781. The fraction of sp³-hybridized carbons (Fsp3) is 0.235. The zero-order valence-electron chi connectivity index (χ0n) is 14.0. The maximum Gasteiger partial charge on any atom is 0.338 e. The Balaban J connectivity index is 1.97. The van der Waals surface area contributed by atoms with Gasteiger partial charge in [-0.3, -0.25) is 4.72 Å². The Hall–Kier alpha value is -2.36. The molecule has 0 amide bonds. The summed E-state index contributed by atoms with van der Waals surface area (Å²) in [4.78, 5) is 12.7. The Morgan fingerprint density at radius 2 is 1.89 bits per heavy atom. The second-order valence-corrected chi connectivity index (χ2v) is 7.93. The third kappa shape index (κ3) is 4.32. The molecule has 0 radical (unpaired) electrons. The molecule has 0 bridgehead atoms. The number of aromatic carboxylic acids is 1. The molecule has 144 valence electrons. The van der Waals surface area contributed by atoms with Crippen LogP contribution >= 0.6 is 11.6 Å². The highest BCUT2D eigenvalue weighted by Crippen LogP contribution is 2.32. The van der Waals surface area contributed by atoms with Crippen LogP contribution in [0.2, 0.25) is 5.02 Å². The normalized spacial score (nSPS) is 14.8. The Kier molecular flexibility index (Phi) is 5.54. The lowest BCUT2D eigenvalue weighted by Gasteiger charge is -2.30. The molecule has 2 aromatic carbocycles. The number of anilines is 2. The van der Waals surface area contributed by atoms with Gasteiger partial charge in [-0.25, -0.2) is 17.6 Å². The first-order chi connectivity index (χ1) is 12.8. The van der Waals surface area contributed by atoms with E-state index in [0.717, 1.165) is 18.2 Å². The molecule has 7 nitrogen and oxygen atoms in total. The van der Waals surface area contributed by atoms with Crippen molar-refractivity contribution in [1.29, 1.82) is 0 Å². The number of morpholine rings is 1. The molecule has 1 aliphatic heterocycles. The van der Waals surface area contributed by atoms with E-state index in [9.17, 15) is 17.6 Å². The largest absolute Gasteiger partial charge is 0.478 e. The number of sulfonamides is 1. The van der Waals surface area contributed by atoms with Crippen molar-refractivity contribution in [2.45, 2.75) is 4.90 Å². The van der Waals surface area contributed by atoms with Crippen LogP contribution in [0.15, 0.2) is 41.3 Å². The average Bonchev–Trinajstić information content (AvgIpc) is 2.62.